The van der Waals surface area contributed by atoms with E-state index < -0.39 is 5.97 Å². The molecule has 0 unspecified atom stereocenters. The van der Waals surface area contributed by atoms with E-state index in [1.165, 1.54) is 0 Å². The number of nitrogens with one attached hydrogen (secondary N) is 1. The van der Waals surface area contributed by atoms with Gasteiger partial charge in [-0.1, -0.05) is 25.4 Å². The van der Waals surface area contributed by atoms with Crippen molar-refractivity contribution < 1.29 is 19.4 Å². The van der Waals surface area contributed by atoms with E-state index in [-0.39, 0.29) is 25.3 Å². The van der Waals surface area contributed by atoms with Crippen LogP contribution in [-0.4, -0.2) is 48.1 Å². The number of rotatable bonds is 11. The summed E-state index contributed by atoms with van der Waals surface area (Å²) in [6.07, 6.45) is -0.233. The summed E-state index contributed by atoms with van der Waals surface area (Å²) in [6.45, 7) is 7.75. The molecule has 0 saturated carbocycles. The molecule has 0 radical (unpaired) electrons. The highest BCUT2D eigenvalue weighted by molar-refractivity contribution is 6.30. The lowest BCUT2D eigenvalue weighted by atomic mass is 10.2. The van der Waals surface area contributed by atoms with E-state index in [2.05, 4.69) is 24.1 Å². The fourth-order valence-corrected chi connectivity index (χ4v) is 2.35. The van der Waals surface area contributed by atoms with E-state index in [9.17, 15) is 9.59 Å². The fourth-order valence-electron chi connectivity index (χ4n) is 2.15. The number of halogens is 1. The molecule has 6 nitrogen and oxygen atoms in total. The van der Waals surface area contributed by atoms with E-state index in [1.54, 1.807) is 18.2 Å². The lowest BCUT2D eigenvalue weighted by Crippen LogP contribution is -2.28. The van der Waals surface area contributed by atoms with Crippen LogP contribution in [0.4, 0.5) is 0 Å². The van der Waals surface area contributed by atoms with E-state index in [4.69, 9.17) is 21.4 Å². The highest BCUT2D eigenvalue weighted by Gasteiger charge is 2.09. The number of amides is 1. The standard InChI is InChI=1S/C17H25ClN2O4/c1-3-20(4-2)9-10-24-15-6-5-14(18)11-13(15)12-19-16(21)7-8-17(22)23/h5-6,11H,3-4,7-10,12H2,1-2H3,(H,19,21)(H,22,23). The monoisotopic (exact) mass is 356 g/mol. The van der Waals surface area contributed by atoms with Crippen LogP contribution in [0.2, 0.25) is 5.02 Å². The van der Waals surface area contributed by atoms with E-state index in [0.29, 0.717) is 17.4 Å². The molecule has 134 valence electrons. The molecule has 7 heteroatoms. The molecule has 1 amide bonds. The van der Waals surface area contributed by atoms with Gasteiger partial charge >= 0.3 is 5.97 Å². The molecule has 24 heavy (non-hydrogen) atoms. The second kappa shape index (κ2) is 10.9. The van der Waals surface area contributed by atoms with Gasteiger partial charge in [-0.25, -0.2) is 0 Å². The molecule has 0 bridgehead atoms. The van der Waals surface area contributed by atoms with Gasteiger partial charge in [0.25, 0.3) is 0 Å². The minimum Gasteiger partial charge on any atom is -0.492 e. The van der Waals surface area contributed by atoms with Crippen LogP contribution in [0.1, 0.15) is 32.3 Å². The third-order valence-electron chi connectivity index (χ3n) is 3.62. The third kappa shape index (κ3) is 7.66. The Hall–Kier alpha value is -1.79. The zero-order chi connectivity index (χ0) is 17.9. The summed E-state index contributed by atoms with van der Waals surface area (Å²) in [5.74, 6) is -0.634. The van der Waals surface area contributed by atoms with Gasteiger partial charge in [0, 0.05) is 30.1 Å². The van der Waals surface area contributed by atoms with Crippen molar-refractivity contribution in [1.29, 1.82) is 0 Å². The molecular weight excluding hydrogens is 332 g/mol. The quantitative estimate of drug-likeness (QED) is 0.637. The highest BCUT2D eigenvalue weighted by atomic mass is 35.5. The number of aliphatic carboxylic acids is 1. The molecule has 1 aromatic carbocycles. The molecule has 0 aliphatic carbocycles. The van der Waals surface area contributed by atoms with Crippen LogP contribution in [0.5, 0.6) is 5.75 Å². The summed E-state index contributed by atoms with van der Waals surface area (Å²) in [4.78, 5) is 24.4. The second-order valence-electron chi connectivity index (χ2n) is 5.30. The molecule has 0 aliphatic heterocycles. The largest absolute Gasteiger partial charge is 0.492 e. The van der Waals surface area contributed by atoms with E-state index in [1.807, 2.05) is 0 Å². The van der Waals surface area contributed by atoms with Crippen molar-refractivity contribution in [2.24, 2.45) is 0 Å². The molecule has 0 spiro atoms. The summed E-state index contributed by atoms with van der Waals surface area (Å²) < 4.78 is 5.81. The normalized spacial score (nSPS) is 10.7. The first-order valence-corrected chi connectivity index (χ1v) is 8.46. The molecule has 0 fully saturated rings. The number of carboxylic acid groups (broad SMARTS) is 1. The molecular formula is C17H25ClN2O4. The summed E-state index contributed by atoms with van der Waals surface area (Å²) in [7, 11) is 0. The SMILES string of the molecule is CCN(CC)CCOc1ccc(Cl)cc1CNC(=O)CCC(=O)O. The average Bonchev–Trinajstić information content (AvgIpc) is 2.56. The molecule has 0 heterocycles. The van der Waals surface area contributed by atoms with Crippen molar-refractivity contribution in [2.75, 3.05) is 26.2 Å². The Kier molecular flexibility index (Phi) is 9.19. The number of carboxylic acids is 1. The van der Waals surface area contributed by atoms with Crippen molar-refractivity contribution in [3.8, 4) is 5.75 Å². The van der Waals surface area contributed by atoms with Crippen molar-refractivity contribution in [2.45, 2.75) is 33.2 Å². The average molecular weight is 357 g/mol. The van der Waals surface area contributed by atoms with Crippen molar-refractivity contribution in [3.63, 3.8) is 0 Å². The lowest BCUT2D eigenvalue weighted by Gasteiger charge is -2.19. The van der Waals surface area contributed by atoms with Crippen LogP contribution in [0.15, 0.2) is 18.2 Å². The third-order valence-corrected chi connectivity index (χ3v) is 3.86. The molecule has 2 N–H and O–H groups in total. The van der Waals surface area contributed by atoms with Gasteiger partial charge in [0.05, 0.1) is 6.42 Å². The maximum Gasteiger partial charge on any atom is 0.303 e. The van der Waals surface area contributed by atoms with Gasteiger partial charge < -0.3 is 20.1 Å². The number of hydrogen-bond donors (Lipinski definition) is 2. The van der Waals surface area contributed by atoms with E-state index >= 15 is 0 Å². The van der Waals surface area contributed by atoms with Gasteiger partial charge in [0.1, 0.15) is 12.4 Å². The number of carbonyl (C=O) groups excluding carboxylic acids is 1. The smallest absolute Gasteiger partial charge is 0.303 e. The molecule has 1 rings (SSSR count). The van der Waals surface area contributed by atoms with Crippen LogP contribution in [0.3, 0.4) is 0 Å². The van der Waals surface area contributed by atoms with Gasteiger partial charge in [-0.2, -0.15) is 0 Å². The lowest BCUT2D eigenvalue weighted by molar-refractivity contribution is -0.138. The predicted octanol–water partition coefficient (Wildman–Crippen LogP) is 2.54. The van der Waals surface area contributed by atoms with E-state index in [0.717, 1.165) is 25.2 Å². The maximum atomic E-state index is 11.6. The number of carbonyl (C=O) groups is 2. The van der Waals surface area contributed by atoms with Crippen LogP contribution < -0.4 is 10.1 Å². The van der Waals surface area contributed by atoms with Crippen LogP contribution in [0, 0.1) is 0 Å². The minimum absolute atomic E-state index is 0.0476. The van der Waals surface area contributed by atoms with Crippen LogP contribution in [-0.2, 0) is 16.1 Å². The van der Waals surface area contributed by atoms with Gasteiger partial charge in [-0.3, -0.25) is 9.59 Å². The number of nitrogens with zero attached hydrogens (tertiary/aromatic N) is 1. The van der Waals surface area contributed by atoms with Crippen molar-refractivity contribution >= 4 is 23.5 Å². The molecule has 0 aliphatic rings. The highest BCUT2D eigenvalue weighted by Crippen LogP contribution is 2.23. The number of likely N-dealkylation sites (N-methyl/N-ethyl adjacent to an activating group) is 1. The Bertz CT molecular complexity index is 547. The summed E-state index contributed by atoms with van der Waals surface area (Å²) in [6, 6.07) is 5.26. The molecule has 0 saturated heterocycles. The topological polar surface area (TPSA) is 78.9 Å². The zero-order valence-corrected chi connectivity index (χ0v) is 14.9. The number of ether oxygens (including phenoxy) is 1. The summed E-state index contributed by atoms with van der Waals surface area (Å²) in [5.41, 5.74) is 0.769. The second-order valence-corrected chi connectivity index (χ2v) is 5.73. The molecule has 0 atom stereocenters. The first-order valence-electron chi connectivity index (χ1n) is 8.08. The maximum absolute atomic E-state index is 11.6. The number of hydrogen-bond acceptors (Lipinski definition) is 4. The summed E-state index contributed by atoms with van der Waals surface area (Å²) >= 11 is 6.01. The molecule has 1 aromatic rings. The first-order chi connectivity index (χ1) is 11.5. The van der Waals surface area contributed by atoms with Gasteiger partial charge in [-0.05, 0) is 31.3 Å². The van der Waals surface area contributed by atoms with Gasteiger partial charge in [0.2, 0.25) is 5.91 Å². The van der Waals surface area contributed by atoms with Crippen LogP contribution in [0.25, 0.3) is 0 Å². The zero-order valence-electron chi connectivity index (χ0n) is 14.2. The minimum atomic E-state index is -0.992. The fraction of sp³-hybridized carbons (Fsp3) is 0.529. The van der Waals surface area contributed by atoms with Gasteiger partial charge in [0.15, 0.2) is 0 Å². The Morgan fingerprint density at radius 1 is 1.25 bits per heavy atom. The van der Waals surface area contributed by atoms with Crippen molar-refractivity contribution in [3.05, 3.63) is 28.8 Å². The Morgan fingerprint density at radius 3 is 2.58 bits per heavy atom. The van der Waals surface area contributed by atoms with Crippen LogP contribution >= 0.6 is 11.6 Å². The first kappa shape index (κ1) is 20.3. The Morgan fingerprint density at radius 2 is 1.96 bits per heavy atom. The predicted molar refractivity (Wildman–Crippen MR) is 93.5 cm³/mol. The Labute approximate surface area is 147 Å². The van der Waals surface area contributed by atoms with Crippen molar-refractivity contribution in [1.82, 2.24) is 10.2 Å². The summed E-state index contributed by atoms with van der Waals surface area (Å²) in [5, 5.41) is 11.8. The molecule has 0 aromatic heterocycles. The number of benzene rings is 1. The van der Waals surface area contributed by atoms with Gasteiger partial charge in [-0.15, -0.1) is 0 Å². The Balaban J connectivity index is 2.57.